The van der Waals surface area contributed by atoms with Crippen LogP contribution in [0.15, 0.2) is 71.4 Å². The number of amides is 1. The first kappa shape index (κ1) is 32.4. The standard InChI is InChI=1S/C34H36Cl2N4O3S/c1-38(34(43)29-17-23(19-37)16-25-4-2-3-5-28(25)29)20-26(24-6-7-30(35)31(36)18-24)8-10-39-11-13-40(14-12-39)33(32(42)21-41)27-9-15-44-22-27/h2-7,9,15-18,22,26,32-33,41-42H,8,10-14,20-21H2,1H3/t26-,32-,33+/m1/s1. The number of likely N-dealkylation sites (N-methyl/N-ethyl adjacent to an activating group) is 1. The number of thiophene rings is 1. The lowest BCUT2D eigenvalue weighted by atomic mass is 9.94. The molecule has 7 nitrogen and oxygen atoms in total. The van der Waals surface area contributed by atoms with Gasteiger partial charge in [0.15, 0.2) is 0 Å². The minimum absolute atomic E-state index is 0.00285. The van der Waals surface area contributed by atoms with E-state index in [9.17, 15) is 20.3 Å². The van der Waals surface area contributed by atoms with Gasteiger partial charge in [0.1, 0.15) is 0 Å². The smallest absolute Gasteiger partial charge is 0.254 e. The van der Waals surface area contributed by atoms with Crippen molar-refractivity contribution >= 4 is 51.2 Å². The Bertz CT molecular complexity index is 1620. The molecule has 0 spiro atoms. The molecule has 230 valence electrons. The summed E-state index contributed by atoms with van der Waals surface area (Å²) in [5, 5.41) is 36.5. The van der Waals surface area contributed by atoms with E-state index in [1.165, 1.54) is 0 Å². The lowest BCUT2D eigenvalue weighted by Crippen LogP contribution is -2.50. The van der Waals surface area contributed by atoms with Gasteiger partial charge in [-0.25, -0.2) is 0 Å². The van der Waals surface area contributed by atoms with Gasteiger partial charge in [-0.2, -0.15) is 16.6 Å². The minimum Gasteiger partial charge on any atom is -0.394 e. The van der Waals surface area contributed by atoms with Crippen molar-refractivity contribution in [3.8, 4) is 6.07 Å². The van der Waals surface area contributed by atoms with E-state index in [4.69, 9.17) is 23.2 Å². The summed E-state index contributed by atoms with van der Waals surface area (Å²) in [5.41, 5.74) is 3.01. The monoisotopic (exact) mass is 650 g/mol. The number of rotatable bonds is 11. The molecule has 1 aliphatic rings. The van der Waals surface area contributed by atoms with Crippen LogP contribution in [0.4, 0.5) is 0 Å². The van der Waals surface area contributed by atoms with E-state index in [1.807, 2.05) is 53.2 Å². The Labute approximate surface area is 272 Å². The number of benzene rings is 3. The third-order valence-electron chi connectivity index (χ3n) is 8.51. The Morgan fingerprint density at radius 2 is 1.82 bits per heavy atom. The lowest BCUT2D eigenvalue weighted by molar-refractivity contribution is -0.00967. The molecule has 2 heterocycles. The first-order valence-corrected chi connectivity index (χ1v) is 16.4. The molecule has 0 bridgehead atoms. The minimum atomic E-state index is -0.839. The highest BCUT2D eigenvalue weighted by Gasteiger charge is 2.31. The van der Waals surface area contributed by atoms with Crippen molar-refractivity contribution in [3.05, 3.63) is 104 Å². The van der Waals surface area contributed by atoms with Crippen molar-refractivity contribution in [1.82, 2.24) is 14.7 Å². The maximum absolute atomic E-state index is 13.8. The number of carbonyl (C=O) groups is 1. The molecule has 1 amide bonds. The van der Waals surface area contributed by atoms with Crippen LogP contribution in [-0.2, 0) is 0 Å². The molecule has 1 aliphatic heterocycles. The summed E-state index contributed by atoms with van der Waals surface area (Å²) in [7, 11) is 1.80. The van der Waals surface area contributed by atoms with Crippen LogP contribution in [0.25, 0.3) is 10.8 Å². The first-order chi connectivity index (χ1) is 21.3. The Kier molecular flexibility index (Phi) is 10.9. The second-order valence-electron chi connectivity index (χ2n) is 11.3. The van der Waals surface area contributed by atoms with E-state index >= 15 is 0 Å². The molecule has 0 aliphatic carbocycles. The predicted molar refractivity (Wildman–Crippen MR) is 178 cm³/mol. The summed E-state index contributed by atoms with van der Waals surface area (Å²) in [6.45, 7) is 4.20. The van der Waals surface area contributed by atoms with E-state index in [1.54, 1.807) is 41.5 Å². The molecule has 1 fully saturated rings. The van der Waals surface area contributed by atoms with Crippen LogP contribution in [0.3, 0.4) is 0 Å². The van der Waals surface area contributed by atoms with Crippen LogP contribution in [0, 0.1) is 11.3 Å². The van der Waals surface area contributed by atoms with E-state index in [0.717, 1.165) is 61.0 Å². The summed E-state index contributed by atoms with van der Waals surface area (Å²) in [5.74, 6) is -0.143. The van der Waals surface area contributed by atoms with Crippen molar-refractivity contribution in [2.24, 2.45) is 0 Å². The van der Waals surface area contributed by atoms with Crippen LogP contribution >= 0.6 is 34.5 Å². The number of aliphatic hydroxyl groups is 2. The van der Waals surface area contributed by atoms with E-state index in [-0.39, 0.29) is 24.5 Å². The number of piperazine rings is 1. The fourth-order valence-corrected chi connectivity index (χ4v) is 7.12. The molecule has 0 saturated carbocycles. The van der Waals surface area contributed by atoms with Crippen molar-refractivity contribution in [2.75, 3.05) is 52.9 Å². The number of halogens is 2. The molecule has 2 N–H and O–H groups in total. The van der Waals surface area contributed by atoms with Crippen LogP contribution in [0.1, 0.15) is 45.4 Å². The molecule has 1 aromatic heterocycles. The van der Waals surface area contributed by atoms with Gasteiger partial charge in [-0.05, 0) is 76.0 Å². The first-order valence-electron chi connectivity index (χ1n) is 14.7. The van der Waals surface area contributed by atoms with Gasteiger partial charge in [-0.15, -0.1) is 0 Å². The van der Waals surface area contributed by atoms with E-state index < -0.39 is 6.10 Å². The van der Waals surface area contributed by atoms with Gasteiger partial charge in [0.2, 0.25) is 0 Å². The van der Waals surface area contributed by atoms with Gasteiger partial charge >= 0.3 is 0 Å². The number of nitriles is 1. The molecule has 5 rings (SSSR count). The van der Waals surface area contributed by atoms with Crippen molar-refractivity contribution in [3.63, 3.8) is 0 Å². The van der Waals surface area contributed by atoms with Crippen molar-refractivity contribution < 1.29 is 15.0 Å². The zero-order valence-corrected chi connectivity index (χ0v) is 26.9. The maximum atomic E-state index is 13.8. The zero-order chi connectivity index (χ0) is 31.2. The molecule has 3 atom stereocenters. The average Bonchev–Trinajstić information content (AvgIpc) is 3.58. The van der Waals surface area contributed by atoms with Crippen molar-refractivity contribution in [2.45, 2.75) is 24.5 Å². The van der Waals surface area contributed by atoms with Gasteiger partial charge in [0.25, 0.3) is 5.91 Å². The SMILES string of the molecule is CN(C[C@@H](CCN1CCN([C@@H](c2ccsc2)[C@H](O)CO)CC1)c1ccc(Cl)c(Cl)c1)C(=O)c1cc(C#N)cc2ccccc12. The summed E-state index contributed by atoms with van der Waals surface area (Å²) in [6, 6.07) is 20.7. The quantitative estimate of drug-likeness (QED) is 0.206. The third-order valence-corrected chi connectivity index (χ3v) is 9.95. The number of fused-ring (bicyclic) bond motifs is 1. The highest BCUT2D eigenvalue weighted by atomic mass is 35.5. The highest BCUT2D eigenvalue weighted by Crippen LogP contribution is 2.31. The molecule has 44 heavy (non-hydrogen) atoms. The molecule has 0 unspecified atom stereocenters. The Hall–Kier alpha value is -3.00. The molecule has 1 saturated heterocycles. The highest BCUT2D eigenvalue weighted by molar-refractivity contribution is 7.08. The number of aliphatic hydroxyl groups excluding tert-OH is 2. The average molecular weight is 652 g/mol. The molecular weight excluding hydrogens is 615 g/mol. The Morgan fingerprint density at radius 1 is 1.05 bits per heavy atom. The largest absolute Gasteiger partial charge is 0.394 e. The van der Waals surface area contributed by atoms with Gasteiger partial charge in [0.05, 0.1) is 40.4 Å². The van der Waals surface area contributed by atoms with Gasteiger partial charge in [0, 0.05) is 51.3 Å². The Balaban J connectivity index is 1.29. The van der Waals surface area contributed by atoms with Crippen LogP contribution in [0.2, 0.25) is 10.0 Å². The van der Waals surface area contributed by atoms with Gasteiger partial charge < -0.3 is 20.0 Å². The molecule has 10 heteroatoms. The topological polar surface area (TPSA) is 91.0 Å². The predicted octanol–water partition coefficient (Wildman–Crippen LogP) is 6.04. The summed E-state index contributed by atoms with van der Waals surface area (Å²) in [6.07, 6.45) is -0.0452. The normalized spacial score (nSPS) is 16.4. The van der Waals surface area contributed by atoms with Gasteiger partial charge in [-0.1, -0.05) is 53.5 Å². The molecule has 0 radical (unpaired) electrons. The number of hydrogen-bond acceptors (Lipinski definition) is 7. The third kappa shape index (κ3) is 7.44. The molecular formula is C34H36Cl2N4O3S. The van der Waals surface area contributed by atoms with Crippen molar-refractivity contribution in [1.29, 1.82) is 5.26 Å². The van der Waals surface area contributed by atoms with Crippen LogP contribution in [0.5, 0.6) is 0 Å². The fourth-order valence-electron chi connectivity index (χ4n) is 6.12. The maximum Gasteiger partial charge on any atom is 0.254 e. The summed E-state index contributed by atoms with van der Waals surface area (Å²) < 4.78 is 0. The summed E-state index contributed by atoms with van der Waals surface area (Å²) >= 11 is 14.3. The molecule has 4 aromatic rings. The number of nitrogens with zero attached hydrogens (tertiary/aromatic N) is 4. The zero-order valence-electron chi connectivity index (χ0n) is 24.6. The summed E-state index contributed by atoms with van der Waals surface area (Å²) in [4.78, 5) is 20.2. The lowest BCUT2D eigenvalue weighted by Gasteiger charge is -2.41. The Morgan fingerprint density at radius 3 is 2.50 bits per heavy atom. The second kappa shape index (κ2) is 14.9. The second-order valence-corrected chi connectivity index (χ2v) is 12.9. The van der Waals surface area contributed by atoms with Gasteiger partial charge in [-0.3, -0.25) is 9.69 Å². The van der Waals surface area contributed by atoms with Crippen LogP contribution in [-0.4, -0.2) is 89.8 Å². The fraction of sp³-hybridized carbons (Fsp3) is 0.353. The number of hydrogen-bond donors (Lipinski definition) is 2. The van der Waals surface area contributed by atoms with E-state index in [0.29, 0.717) is 27.7 Å². The number of carbonyl (C=O) groups excluding carboxylic acids is 1. The van der Waals surface area contributed by atoms with E-state index in [2.05, 4.69) is 15.9 Å². The molecule has 3 aromatic carbocycles. The van der Waals surface area contributed by atoms with Crippen LogP contribution < -0.4 is 0 Å².